The number of hydrogen-bond donors (Lipinski definition) is 1. The van der Waals surface area contributed by atoms with Crippen LogP contribution in [0, 0.1) is 6.07 Å². The fraction of sp³-hybridized carbons (Fsp3) is 0.0769. The van der Waals surface area contributed by atoms with Crippen LogP contribution in [0.3, 0.4) is 0 Å². The summed E-state index contributed by atoms with van der Waals surface area (Å²) in [4.78, 5) is 14.5. The van der Waals surface area contributed by atoms with E-state index < -0.39 is 0 Å². The number of furan rings is 1. The number of pyridine rings is 1. The van der Waals surface area contributed by atoms with Gasteiger partial charge in [0.05, 0.1) is 11.3 Å². The molecule has 2 aromatic heterocycles. The van der Waals surface area contributed by atoms with Crippen LogP contribution in [0.1, 0.15) is 13.8 Å². The normalized spacial score (nSPS) is 11.1. The second-order valence-electron chi connectivity index (χ2n) is 6.97. The number of aromatic nitrogens is 1. The number of aliphatic hydroxyl groups excluding tert-OH is 1. The Morgan fingerprint density at radius 1 is 1.00 bits per heavy atom. The zero-order valence-electron chi connectivity index (χ0n) is 17.0. The molecule has 0 aliphatic heterocycles. The van der Waals surface area contributed by atoms with Crippen LogP contribution >= 0.6 is 0 Å². The zero-order chi connectivity index (χ0) is 21.1. The van der Waals surface area contributed by atoms with Gasteiger partial charge in [0, 0.05) is 37.8 Å². The van der Waals surface area contributed by atoms with Crippen molar-refractivity contribution in [1.29, 1.82) is 0 Å². The number of rotatable bonds is 2. The first kappa shape index (κ1) is 22.4. The molecular weight excluding hydrogens is 567 g/mol. The molecule has 5 rings (SSSR count). The van der Waals surface area contributed by atoms with Crippen molar-refractivity contribution in [1.82, 2.24) is 4.98 Å². The van der Waals surface area contributed by atoms with E-state index in [4.69, 9.17) is 9.52 Å². The SMILES string of the molecule is CC(=O)/C=C(/C)O.[Ir].[c-]1ccc2c(oc3ccc4ccccc4c32)c1-c1ccccn1. The van der Waals surface area contributed by atoms with Gasteiger partial charge in [0.25, 0.3) is 0 Å². The Morgan fingerprint density at radius 3 is 2.45 bits per heavy atom. The van der Waals surface area contributed by atoms with E-state index >= 15 is 0 Å². The summed E-state index contributed by atoms with van der Waals surface area (Å²) in [6.45, 7) is 2.85. The molecule has 1 N–H and O–H groups in total. The van der Waals surface area contributed by atoms with E-state index in [1.807, 2.05) is 30.3 Å². The Morgan fingerprint density at radius 2 is 1.77 bits per heavy atom. The summed E-state index contributed by atoms with van der Waals surface area (Å²) >= 11 is 0. The quantitative estimate of drug-likeness (QED) is 0.143. The fourth-order valence-corrected chi connectivity index (χ4v) is 3.51. The van der Waals surface area contributed by atoms with E-state index in [1.165, 1.54) is 30.7 Å². The van der Waals surface area contributed by atoms with Gasteiger partial charge in [-0.1, -0.05) is 53.4 Å². The molecule has 2 heterocycles. The minimum absolute atomic E-state index is 0. The third kappa shape index (κ3) is 4.74. The number of fused-ring (bicyclic) bond motifs is 5. The van der Waals surface area contributed by atoms with Gasteiger partial charge in [-0.25, -0.2) is 0 Å². The molecule has 0 aliphatic rings. The topological polar surface area (TPSA) is 63.3 Å². The maximum absolute atomic E-state index is 10.0. The largest absolute Gasteiger partial charge is 0.512 e. The number of benzene rings is 3. The summed E-state index contributed by atoms with van der Waals surface area (Å²) in [5.41, 5.74) is 3.53. The van der Waals surface area contributed by atoms with Crippen LogP contribution in [-0.2, 0) is 24.9 Å². The van der Waals surface area contributed by atoms with Gasteiger partial charge in [-0.15, -0.1) is 18.2 Å². The summed E-state index contributed by atoms with van der Waals surface area (Å²) in [5.74, 6) is -0.0625. The monoisotopic (exact) mass is 587 g/mol. The number of nitrogens with zero attached hydrogens (tertiary/aromatic N) is 1. The molecule has 0 saturated heterocycles. The van der Waals surface area contributed by atoms with Crippen molar-refractivity contribution in [2.24, 2.45) is 0 Å². The number of carbonyl (C=O) groups excluding carboxylic acids is 1. The summed E-state index contributed by atoms with van der Waals surface area (Å²) < 4.78 is 6.17. The Labute approximate surface area is 193 Å². The Balaban J connectivity index is 0.000000299. The van der Waals surface area contributed by atoms with Gasteiger partial charge in [0.1, 0.15) is 5.58 Å². The number of aliphatic hydroxyl groups is 1. The van der Waals surface area contributed by atoms with Crippen molar-refractivity contribution < 1.29 is 34.4 Å². The molecule has 3 aromatic carbocycles. The van der Waals surface area contributed by atoms with Gasteiger partial charge >= 0.3 is 0 Å². The molecule has 0 atom stereocenters. The molecule has 0 aliphatic carbocycles. The second-order valence-corrected chi connectivity index (χ2v) is 6.97. The fourth-order valence-electron chi connectivity index (χ4n) is 3.51. The first-order chi connectivity index (χ1) is 14.5. The molecule has 157 valence electrons. The van der Waals surface area contributed by atoms with Gasteiger partial charge in [-0.2, -0.15) is 0 Å². The molecule has 0 saturated carbocycles. The maximum Gasteiger partial charge on any atom is 0.155 e. The minimum Gasteiger partial charge on any atom is -0.512 e. The predicted octanol–water partition coefficient (Wildman–Crippen LogP) is 6.64. The first-order valence-corrected chi connectivity index (χ1v) is 9.58. The molecule has 5 heteroatoms. The Kier molecular flexibility index (Phi) is 7.01. The molecule has 4 nitrogen and oxygen atoms in total. The molecule has 0 spiro atoms. The minimum atomic E-state index is -0.125. The van der Waals surface area contributed by atoms with Gasteiger partial charge < -0.3 is 14.5 Å². The smallest absolute Gasteiger partial charge is 0.155 e. The van der Waals surface area contributed by atoms with Crippen LogP contribution in [0.15, 0.2) is 89.2 Å². The summed E-state index contributed by atoms with van der Waals surface area (Å²) in [5, 5.41) is 13.1. The number of carbonyl (C=O) groups is 1. The molecular formula is C26H20IrNO3-. The number of hydrogen-bond acceptors (Lipinski definition) is 4. The van der Waals surface area contributed by atoms with Crippen molar-refractivity contribution in [3.05, 3.63) is 90.8 Å². The second kappa shape index (κ2) is 9.69. The average molecular weight is 587 g/mol. The van der Waals surface area contributed by atoms with Gasteiger partial charge in [0.2, 0.25) is 0 Å². The van der Waals surface area contributed by atoms with Crippen LogP contribution in [-0.4, -0.2) is 15.9 Å². The third-order valence-electron chi connectivity index (χ3n) is 4.65. The molecule has 0 unspecified atom stereocenters. The van der Waals surface area contributed by atoms with Gasteiger partial charge in [-0.05, 0) is 42.4 Å². The zero-order valence-corrected chi connectivity index (χ0v) is 19.4. The number of allylic oxidation sites excluding steroid dienone is 2. The summed E-state index contributed by atoms with van der Waals surface area (Å²) in [6.07, 6.45) is 2.96. The van der Waals surface area contributed by atoms with Crippen LogP contribution in [0.2, 0.25) is 0 Å². The van der Waals surface area contributed by atoms with E-state index in [2.05, 4.69) is 47.4 Å². The maximum atomic E-state index is 10.0. The standard InChI is InChI=1S/C21H12NO.C5H8O2.Ir/c1-2-7-15-14(6-1)11-12-19-20(15)17-9-5-8-16(21(17)23-19)18-10-3-4-13-22-18;1-4(6)3-5(2)7;/h1-7,9-13H;3,6H,1-2H3;/q-1;;/b;4-3-;. The molecule has 0 amide bonds. The third-order valence-corrected chi connectivity index (χ3v) is 4.65. The summed E-state index contributed by atoms with van der Waals surface area (Å²) in [7, 11) is 0. The van der Waals surface area contributed by atoms with Crippen LogP contribution in [0.25, 0.3) is 44.0 Å². The van der Waals surface area contributed by atoms with Crippen molar-refractivity contribution in [3.8, 4) is 11.3 Å². The van der Waals surface area contributed by atoms with E-state index in [-0.39, 0.29) is 31.6 Å². The van der Waals surface area contributed by atoms with Gasteiger partial charge in [-0.3, -0.25) is 4.79 Å². The van der Waals surface area contributed by atoms with Crippen molar-refractivity contribution in [2.45, 2.75) is 13.8 Å². The molecule has 0 fully saturated rings. The summed E-state index contributed by atoms with van der Waals surface area (Å²) in [6, 6.07) is 25.7. The van der Waals surface area contributed by atoms with E-state index in [0.29, 0.717) is 0 Å². The Hall–Kier alpha value is -3.27. The molecule has 5 aromatic rings. The van der Waals surface area contributed by atoms with E-state index in [9.17, 15) is 4.79 Å². The Bertz CT molecular complexity index is 1380. The van der Waals surface area contributed by atoms with Crippen LogP contribution in [0.5, 0.6) is 0 Å². The van der Waals surface area contributed by atoms with E-state index in [1.54, 1.807) is 6.20 Å². The van der Waals surface area contributed by atoms with E-state index in [0.717, 1.165) is 33.2 Å². The van der Waals surface area contributed by atoms with Crippen molar-refractivity contribution in [3.63, 3.8) is 0 Å². The first-order valence-electron chi connectivity index (χ1n) is 9.58. The molecule has 31 heavy (non-hydrogen) atoms. The van der Waals surface area contributed by atoms with Crippen molar-refractivity contribution in [2.75, 3.05) is 0 Å². The molecule has 0 bridgehead atoms. The van der Waals surface area contributed by atoms with Crippen LogP contribution in [0.4, 0.5) is 0 Å². The van der Waals surface area contributed by atoms with Gasteiger partial charge in [0.15, 0.2) is 5.78 Å². The number of ketones is 1. The average Bonchev–Trinajstić information content (AvgIpc) is 3.13. The van der Waals surface area contributed by atoms with Crippen molar-refractivity contribution >= 4 is 38.5 Å². The predicted molar refractivity (Wildman–Crippen MR) is 120 cm³/mol. The van der Waals surface area contributed by atoms with Crippen LogP contribution < -0.4 is 0 Å². The molecule has 1 radical (unpaired) electrons.